The number of methoxy groups -OCH3 is 1. The third-order valence-electron chi connectivity index (χ3n) is 3.52. The van der Waals surface area contributed by atoms with Crippen molar-refractivity contribution in [3.63, 3.8) is 0 Å². The topological polar surface area (TPSA) is 47.6 Å². The Morgan fingerprint density at radius 3 is 3.12 bits per heavy atom. The molecule has 2 aliphatic rings. The molecule has 0 bridgehead atoms. The molecule has 90 valence electrons. The molecule has 4 nitrogen and oxygen atoms in total. The smallest absolute Gasteiger partial charge is 0.246 e. The van der Waals surface area contributed by atoms with Crippen LogP contribution in [0.4, 0.5) is 0 Å². The largest absolute Gasteiger partial charge is 0.496 e. The summed E-state index contributed by atoms with van der Waals surface area (Å²) >= 11 is 0. The number of rotatable bonds is 1. The predicted molar refractivity (Wildman–Crippen MR) is 62.1 cm³/mol. The van der Waals surface area contributed by atoms with Crippen LogP contribution in [0.25, 0.3) is 0 Å². The molecule has 1 aliphatic carbocycles. The Morgan fingerprint density at radius 2 is 2.29 bits per heavy atom. The van der Waals surface area contributed by atoms with E-state index in [0.29, 0.717) is 0 Å². The molecule has 0 aromatic heterocycles. The van der Waals surface area contributed by atoms with Gasteiger partial charge >= 0.3 is 0 Å². The summed E-state index contributed by atoms with van der Waals surface area (Å²) in [4.78, 5) is 11.3. The molecule has 0 spiro atoms. The minimum Gasteiger partial charge on any atom is -0.496 e. The van der Waals surface area contributed by atoms with E-state index in [1.807, 2.05) is 12.1 Å². The molecule has 1 saturated heterocycles. The van der Waals surface area contributed by atoms with Crippen LogP contribution in [0.5, 0.6) is 5.75 Å². The maximum Gasteiger partial charge on any atom is 0.246 e. The molecule has 1 aromatic rings. The van der Waals surface area contributed by atoms with Crippen LogP contribution < -0.4 is 10.1 Å². The summed E-state index contributed by atoms with van der Waals surface area (Å²) < 4.78 is 10.9. The molecule has 17 heavy (non-hydrogen) atoms. The summed E-state index contributed by atoms with van der Waals surface area (Å²) in [7, 11) is 1.68. The molecule has 1 N–H and O–H groups in total. The molecule has 1 fully saturated rings. The van der Waals surface area contributed by atoms with Crippen LogP contribution in [0.15, 0.2) is 18.2 Å². The molecule has 0 saturated carbocycles. The molecule has 1 aromatic carbocycles. The van der Waals surface area contributed by atoms with Gasteiger partial charge in [0.1, 0.15) is 12.4 Å². The van der Waals surface area contributed by atoms with Gasteiger partial charge in [-0.1, -0.05) is 12.1 Å². The zero-order chi connectivity index (χ0) is 11.8. The lowest BCUT2D eigenvalue weighted by Crippen LogP contribution is -2.55. The number of hydrogen-bond acceptors (Lipinski definition) is 3. The van der Waals surface area contributed by atoms with E-state index in [1.54, 1.807) is 7.11 Å². The van der Waals surface area contributed by atoms with Gasteiger partial charge in [0.25, 0.3) is 0 Å². The van der Waals surface area contributed by atoms with Gasteiger partial charge in [-0.15, -0.1) is 0 Å². The number of morpholine rings is 1. The van der Waals surface area contributed by atoms with Crippen LogP contribution >= 0.6 is 0 Å². The van der Waals surface area contributed by atoms with Crippen molar-refractivity contribution >= 4 is 5.91 Å². The van der Waals surface area contributed by atoms with Crippen LogP contribution in [0.1, 0.15) is 11.1 Å². The van der Waals surface area contributed by atoms with Gasteiger partial charge in [0.05, 0.1) is 19.3 Å². The summed E-state index contributed by atoms with van der Waals surface area (Å²) in [6.07, 6.45) is 1.74. The fourth-order valence-corrected chi connectivity index (χ4v) is 2.69. The summed E-state index contributed by atoms with van der Waals surface area (Å²) in [6.45, 7) is 0.181. The molecule has 0 unspecified atom stereocenters. The quantitative estimate of drug-likeness (QED) is 0.776. The Kier molecular flexibility index (Phi) is 2.52. The van der Waals surface area contributed by atoms with Crippen molar-refractivity contribution in [2.75, 3.05) is 13.7 Å². The maximum atomic E-state index is 11.3. The van der Waals surface area contributed by atoms with Gasteiger partial charge in [0, 0.05) is 6.42 Å². The summed E-state index contributed by atoms with van der Waals surface area (Å²) in [5.74, 6) is 0.880. The lowest BCUT2D eigenvalue weighted by atomic mass is 9.85. The minimum atomic E-state index is -0.0235. The molecule has 1 amide bonds. The van der Waals surface area contributed by atoms with Crippen LogP contribution in [-0.2, 0) is 22.4 Å². The molecule has 0 radical (unpaired) electrons. The van der Waals surface area contributed by atoms with Crippen molar-refractivity contribution in [2.24, 2.45) is 0 Å². The number of fused-ring (bicyclic) bond motifs is 2. The molecule has 3 rings (SSSR count). The third kappa shape index (κ3) is 1.78. The van der Waals surface area contributed by atoms with Crippen molar-refractivity contribution in [3.8, 4) is 5.75 Å². The molecule has 1 aliphatic heterocycles. The van der Waals surface area contributed by atoms with E-state index < -0.39 is 0 Å². The molecular weight excluding hydrogens is 218 g/mol. The van der Waals surface area contributed by atoms with E-state index in [4.69, 9.17) is 9.47 Å². The number of carbonyl (C=O) groups excluding carboxylic acids is 1. The van der Waals surface area contributed by atoms with Crippen LogP contribution in [0.3, 0.4) is 0 Å². The first-order valence-electron chi connectivity index (χ1n) is 5.83. The lowest BCUT2D eigenvalue weighted by Gasteiger charge is -2.37. The van der Waals surface area contributed by atoms with E-state index in [-0.39, 0.29) is 24.7 Å². The highest BCUT2D eigenvalue weighted by Crippen LogP contribution is 2.31. The van der Waals surface area contributed by atoms with Gasteiger partial charge in [0.2, 0.25) is 5.91 Å². The number of carbonyl (C=O) groups is 1. The van der Waals surface area contributed by atoms with Gasteiger partial charge in [-0.25, -0.2) is 0 Å². The van der Waals surface area contributed by atoms with Gasteiger partial charge < -0.3 is 14.8 Å². The van der Waals surface area contributed by atoms with Gasteiger partial charge in [-0.3, -0.25) is 4.79 Å². The second kappa shape index (κ2) is 4.04. The Morgan fingerprint density at radius 1 is 1.41 bits per heavy atom. The SMILES string of the molecule is COc1cccc2c1C[C@@H]1NC(=O)CO[C@H]1C2. The van der Waals surface area contributed by atoms with E-state index in [1.165, 1.54) is 11.1 Å². The first kappa shape index (κ1) is 10.6. The lowest BCUT2D eigenvalue weighted by molar-refractivity contribution is -0.137. The van der Waals surface area contributed by atoms with Crippen LogP contribution in [-0.4, -0.2) is 31.8 Å². The fourth-order valence-electron chi connectivity index (χ4n) is 2.69. The van der Waals surface area contributed by atoms with Crippen LogP contribution in [0, 0.1) is 0 Å². The second-order valence-corrected chi connectivity index (χ2v) is 4.53. The van der Waals surface area contributed by atoms with Gasteiger partial charge in [0.15, 0.2) is 0 Å². The van der Waals surface area contributed by atoms with E-state index in [2.05, 4.69) is 11.4 Å². The molecule has 2 atom stereocenters. The van der Waals surface area contributed by atoms with Crippen molar-refractivity contribution in [1.29, 1.82) is 0 Å². The predicted octanol–water partition coefficient (Wildman–Crippen LogP) is 0.677. The monoisotopic (exact) mass is 233 g/mol. The number of hydrogen-bond donors (Lipinski definition) is 1. The maximum absolute atomic E-state index is 11.3. The van der Waals surface area contributed by atoms with E-state index in [9.17, 15) is 4.79 Å². The highest BCUT2D eigenvalue weighted by Gasteiger charge is 2.35. The Bertz CT molecular complexity index is 458. The van der Waals surface area contributed by atoms with Crippen molar-refractivity contribution < 1.29 is 14.3 Å². The number of ether oxygens (including phenoxy) is 2. The van der Waals surface area contributed by atoms with Crippen molar-refractivity contribution in [3.05, 3.63) is 29.3 Å². The summed E-state index contributed by atoms with van der Waals surface area (Å²) in [6, 6.07) is 6.15. The molecule has 4 heteroatoms. The fraction of sp³-hybridized carbons (Fsp3) is 0.462. The zero-order valence-corrected chi connectivity index (χ0v) is 9.73. The number of amides is 1. The average Bonchev–Trinajstić information content (AvgIpc) is 2.35. The highest BCUT2D eigenvalue weighted by molar-refractivity contribution is 5.78. The first-order chi connectivity index (χ1) is 8.28. The normalized spacial score (nSPS) is 26.8. The van der Waals surface area contributed by atoms with E-state index in [0.717, 1.165) is 18.6 Å². The second-order valence-electron chi connectivity index (χ2n) is 4.53. The Balaban J connectivity index is 1.94. The zero-order valence-electron chi connectivity index (χ0n) is 9.73. The average molecular weight is 233 g/mol. The van der Waals surface area contributed by atoms with Crippen molar-refractivity contribution in [1.82, 2.24) is 5.32 Å². The molecular formula is C13H15NO3. The van der Waals surface area contributed by atoms with Gasteiger partial charge in [-0.05, 0) is 23.6 Å². The summed E-state index contributed by atoms with van der Waals surface area (Å²) in [5, 5.41) is 2.99. The molecule has 1 heterocycles. The number of benzene rings is 1. The summed E-state index contributed by atoms with van der Waals surface area (Å²) in [5.41, 5.74) is 2.46. The Hall–Kier alpha value is -1.55. The highest BCUT2D eigenvalue weighted by atomic mass is 16.5. The Labute approximate surface area is 99.9 Å². The third-order valence-corrected chi connectivity index (χ3v) is 3.52. The standard InChI is InChI=1S/C13H15NO3/c1-16-11-4-2-3-8-5-12-10(6-9(8)11)14-13(15)7-17-12/h2-4,10,12H,5-7H2,1H3,(H,14,15)/t10-,12-/m0/s1. The van der Waals surface area contributed by atoms with Crippen LogP contribution in [0.2, 0.25) is 0 Å². The van der Waals surface area contributed by atoms with Crippen molar-refractivity contribution in [2.45, 2.75) is 25.0 Å². The number of nitrogens with one attached hydrogen (secondary N) is 1. The first-order valence-corrected chi connectivity index (χ1v) is 5.83. The van der Waals surface area contributed by atoms with Gasteiger partial charge in [-0.2, -0.15) is 0 Å². The minimum absolute atomic E-state index is 0.0235. The van der Waals surface area contributed by atoms with E-state index >= 15 is 0 Å².